The number of fused-ring (bicyclic) bond motifs is 1. The molecule has 20 nitrogen and oxygen atoms in total. The summed E-state index contributed by atoms with van der Waals surface area (Å²) in [5.41, 5.74) is 0. The predicted molar refractivity (Wildman–Crippen MR) is 120 cm³/mol. The fourth-order valence-electron chi connectivity index (χ4n) is 2.51. The molecular weight excluding hydrogens is 697 g/mol. The first-order valence-corrected chi connectivity index (χ1v) is 17.7. The summed E-state index contributed by atoms with van der Waals surface area (Å²) in [6.45, 7) is 0. The molecule has 0 aliphatic heterocycles. The molecule has 0 aliphatic carbocycles. The average molecular weight is 705 g/mol. The molecule has 38 heavy (non-hydrogen) atoms. The molecular formula is C10H8O20S8. The van der Waals surface area contributed by atoms with Gasteiger partial charge in [-0.2, -0.15) is 50.5 Å². The molecule has 2 rings (SSSR count). The third kappa shape index (κ3) is 7.92. The van der Waals surface area contributed by atoms with Crippen LogP contribution in [0.4, 0.5) is 0 Å². The second-order valence-corrected chi connectivity index (χ2v) is 15.3. The Morgan fingerprint density at radius 1 is 0.447 bits per heavy atom. The molecule has 216 valence electrons. The summed E-state index contributed by atoms with van der Waals surface area (Å²) in [4.78, 5) is -6.12. The van der Waals surface area contributed by atoms with Crippen LogP contribution < -0.4 is 0 Å². The SMILES string of the molecule is O=S(O)OS(=O)(=O)c1cc(S(=O)(=O)OS(=O)O)c2cc(S(=O)(=O)OS(=O)O)cc(S(=O)(=O)OS(=O)O)c2c1. The van der Waals surface area contributed by atoms with E-state index < -0.39 is 116 Å². The van der Waals surface area contributed by atoms with Crippen molar-refractivity contribution >= 4 is 96.7 Å². The lowest BCUT2D eigenvalue weighted by Gasteiger charge is -2.14. The fraction of sp³-hybridized carbons (Fsp3) is 0. The highest BCUT2D eigenvalue weighted by atomic mass is 32.3. The maximum atomic E-state index is 12.6. The van der Waals surface area contributed by atoms with Crippen molar-refractivity contribution in [3.05, 3.63) is 24.3 Å². The van der Waals surface area contributed by atoms with Gasteiger partial charge in [-0.1, -0.05) is 0 Å². The number of benzene rings is 2. The zero-order valence-corrected chi connectivity index (χ0v) is 23.4. The van der Waals surface area contributed by atoms with Crippen molar-refractivity contribution < 1.29 is 83.2 Å². The van der Waals surface area contributed by atoms with Crippen LogP contribution in [0.3, 0.4) is 0 Å². The highest BCUT2D eigenvalue weighted by molar-refractivity contribution is 7.97. The van der Waals surface area contributed by atoms with E-state index in [4.69, 9.17) is 18.2 Å². The quantitative estimate of drug-likeness (QED) is 0.177. The smallest absolute Gasteiger partial charge is 0.283 e. The third-order valence-electron chi connectivity index (χ3n) is 3.65. The van der Waals surface area contributed by atoms with Crippen LogP contribution in [0.2, 0.25) is 0 Å². The molecule has 2 aromatic carbocycles. The van der Waals surface area contributed by atoms with Gasteiger partial charge in [0.25, 0.3) is 0 Å². The topological polar surface area (TPSA) is 323 Å². The Kier molecular flexibility index (Phi) is 10.2. The van der Waals surface area contributed by atoms with Gasteiger partial charge in [0.1, 0.15) is 9.79 Å². The van der Waals surface area contributed by atoms with Gasteiger partial charge in [-0.3, -0.25) is 18.2 Å². The fourth-order valence-corrected chi connectivity index (χ4v) is 8.79. The second-order valence-electron chi connectivity index (χ2n) is 5.90. The summed E-state index contributed by atoms with van der Waals surface area (Å²) in [6, 6.07) is 0.417. The lowest BCUT2D eigenvalue weighted by atomic mass is 10.1. The third-order valence-corrected chi connectivity index (χ3v) is 11.8. The summed E-state index contributed by atoms with van der Waals surface area (Å²) >= 11 is -14.5. The van der Waals surface area contributed by atoms with Crippen LogP contribution in [-0.4, -0.2) is 68.7 Å². The second kappa shape index (κ2) is 11.7. The molecule has 0 aromatic heterocycles. The Labute approximate surface area is 222 Å². The van der Waals surface area contributed by atoms with Gasteiger partial charge >= 0.3 is 85.9 Å². The molecule has 4 N–H and O–H groups in total. The summed E-state index contributed by atoms with van der Waals surface area (Å²) in [6.07, 6.45) is 0. The van der Waals surface area contributed by atoms with Crippen LogP contribution in [0.1, 0.15) is 0 Å². The van der Waals surface area contributed by atoms with E-state index in [1.807, 2.05) is 0 Å². The minimum Gasteiger partial charge on any atom is -0.283 e. The van der Waals surface area contributed by atoms with Crippen LogP contribution in [0.25, 0.3) is 10.8 Å². The van der Waals surface area contributed by atoms with Gasteiger partial charge in [-0.05, 0) is 24.3 Å². The van der Waals surface area contributed by atoms with Gasteiger partial charge in [-0.25, -0.2) is 0 Å². The van der Waals surface area contributed by atoms with E-state index in [9.17, 15) is 50.5 Å². The lowest BCUT2D eigenvalue weighted by molar-refractivity contribution is 0.436. The van der Waals surface area contributed by atoms with Crippen molar-refractivity contribution in [3.63, 3.8) is 0 Å². The van der Waals surface area contributed by atoms with Crippen molar-refractivity contribution in [1.29, 1.82) is 0 Å². The van der Waals surface area contributed by atoms with Crippen molar-refractivity contribution in [2.24, 2.45) is 0 Å². The highest BCUT2D eigenvalue weighted by Gasteiger charge is 2.33. The number of rotatable bonds is 12. The molecule has 0 saturated heterocycles. The van der Waals surface area contributed by atoms with E-state index in [2.05, 4.69) is 14.5 Å². The van der Waals surface area contributed by atoms with Crippen molar-refractivity contribution in [2.45, 2.75) is 19.6 Å². The predicted octanol–water partition coefficient (Wildman–Crippen LogP) is -1.79. The van der Waals surface area contributed by atoms with E-state index in [-0.39, 0.29) is 24.3 Å². The van der Waals surface area contributed by atoms with Crippen LogP contribution in [0.5, 0.6) is 0 Å². The maximum Gasteiger partial charge on any atom is 0.317 e. The molecule has 4 atom stereocenters. The van der Waals surface area contributed by atoms with Crippen molar-refractivity contribution in [1.82, 2.24) is 0 Å². The van der Waals surface area contributed by atoms with Gasteiger partial charge < -0.3 is 0 Å². The molecule has 28 heteroatoms. The molecule has 0 heterocycles. The molecule has 0 radical (unpaired) electrons. The first-order valence-electron chi connectivity index (χ1n) is 7.94. The van der Waals surface area contributed by atoms with Gasteiger partial charge in [0, 0.05) is 10.8 Å². The standard InChI is InChI=1S/C10H8O20S8/c11-31(12)27-35(19,20)5-1-7-8(10(3-5)38(25,26)30-34(17)18)2-6(36(21,22)28-32(13)14)4-9(7)37(23,24)29-33(15)16/h1-4H,(H,11,12)(H,13,14)(H,15,16)(H,17,18). The van der Waals surface area contributed by atoms with Crippen LogP contribution in [0, 0.1) is 0 Å². The molecule has 0 fully saturated rings. The van der Waals surface area contributed by atoms with E-state index in [1.54, 1.807) is 0 Å². The van der Waals surface area contributed by atoms with Crippen LogP contribution in [0.15, 0.2) is 43.8 Å². The normalized spacial score (nSPS) is 16.6. The molecule has 0 bridgehead atoms. The molecule has 0 spiro atoms. The van der Waals surface area contributed by atoms with E-state index in [0.717, 1.165) is 0 Å². The summed E-state index contributed by atoms with van der Waals surface area (Å²) in [7, 11) is -22.3. The first-order chi connectivity index (χ1) is 17.1. The summed E-state index contributed by atoms with van der Waals surface area (Å²) in [5.74, 6) is 0. The average Bonchev–Trinajstić information content (AvgIpc) is 2.68. The van der Waals surface area contributed by atoms with Crippen LogP contribution in [-0.2, 0) is 100 Å². The van der Waals surface area contributed by atoms with Crippen molar-refractivity contribution in [3.8, 4) is 0 Å². The maximum absolute atomic E-state index is 12.6. The van der Waals surface area contributed by atoms with Gasteiger partial charge in [0.15, 0.2) is 0 Å². The first kappa shape index (κ1) is 33.0. The van der Waals surface area contributed by atoms with Gasteiger partial charge in [0.2, 0.25) is 0 Å². The Bertz CT molecular complexity index is 1680. The van der Waals surface area contributed by atoms with E-state index >= 15 is 0 Å². The molecule has 4 unspecified atom stereocenters. The van der Waals surface area contributed by atoms with Crippen molar-refractivity contribution in [2.75, 3.05) is 0 Å². The van der Waals surface area contributed by atoms with E-state index in [0.29, 0.717) is 0 Å². The van der Waals surface area contributed by atoms with Gasteiger partial charge in [0.05, 0.1) is 9.79 Å². The number of hydrogen-bond donors (Lipinski definition) is 4. The largest absolute Gasteiger partial charge is 0.317 e. The summed E-state index contributed by atoms with van der Waals surface area (Å²) in [5, 5.41) is -2.39. The monoisotopic (exact) mass is 704 g/mol. The molecule has 0 aliphatic rings. The highest BCUT2D eigenvalue weighted by Crippen LogP contribution is 2.36. The Balaban J connectivity index is 3.28. The number of hydrogen-bond acceptors (Lipinski definition) is 16. The zero-order chi connectivity index (χ0) is 29.4. The lowest BCUT2D eigenvalue weighted by Crippen LogP contribution is -2.15. The van der Waals surface area contributed by atoms with E-state index in [1.165, 1.54) is 0 Å². The Hall–Kier alpha value is -1.22. The van der Waals surface area contributed by atoms with Gasteiger partial charge in [-0.15, -0.1) is 14.5 Å². The molecule has 0 amide bonds. The molecule has 2 aromatic rings. The zero-order valence-electron chi connectivity index (χ0n) is 16.9. The van der Waals surface area contributed by atoms with Crippen LogP contribution >= 0.6 is 0 Å². The molecule has 0 saturated carbocycles. The summed E-state index contributed by atoms with van der Waals surface area (Å²) < 4.78 is 193. The Morgan fingerprint density at radius 2 is 0.684 bits per heavy atom. The Morgan fingerprint density at radius 3 is 0.921 bits per heavy atom. The minimum atomic E-state index is -5.67. The minimum absolute atomic E-state index is 0.00955.